The Balaban J connectivity index is 2.32. The molecular weight excluding hydrogens is 292 g/mol. The number of nitrogens with one attached hydrogen (secondary N) is 1. The first-order chi connectivity index (χ1) is 10.1. The maximum absolute atomic E-state index is 11.3. The predicted molar refractivity (Wildman–Crippen MR) is 79.7 cm³/mol. The second-order valence-corrected chi connectivity index (χ2v) is 5.48. The summed E-state index contributed by atoms with van der Waals surface area (Å²) in [6.07, 6.45) is 1.73. The normalized spacial score (nSPS) is 18.3. The Bertz CT molecular complexity index is 522. The number of benzene rings is 1. The lowest BCUT2D eigenvalue weighted by Crippen LogP contribution is -2.80. The number of hydrogen-bond donors (Lipinski definition) is 2. The van der Waals surface area contributed by atoms with Crippen LogP contribution in [-0.4, -0.2) is 25.0 Å². The minimum absolute atomic E-state index is 0.289. The summed E-state index contributed by atoms with van der Waals surface area (Å²) in [5.41, 5.74) is 6.81. The van der Waals surface area contributed by atoms with Crippen LogP contribution in [0, 0.1) is 0 Å². The van der Waals surface area contributed by atoms with Gasteiger partial charge in [0, 0.05) is 24.7 Å². The fraction of sp³-hybridized carbons (Fsp3) is 0.467. The van der Waals surface area contributed by atoms with Crippen LogP contribution in [0.15, 0.2) is 24.3 Å². The highest BCUT2D eigenvalue weighted by Gasteiger charge is 2.43. The van der Waals surface area contributed by atoms with E-state index in [1.807, 2.05) is 24.3 Å². The number of amidine groups is 1. The van der Waals surface area contributed by atoms with E-state index in [0.29, 0.717) is 24.1 Å². The van der Waals surface area contributed by atoms with Crippen LogP contribution in [0.3, 0.4) is 0 Å². The molecule has 1 aliphatic rings. The molecule has 0 spiro atoms. The summed E-state index contributed by atoms with van der Waals surface area (Å²) in [5.74, 6) is 0.0752. The fourth-order valence-electron chi connectivity index (χ4n) is 2.48. The Labute approximate surface area is 129 Å². The lowest BCUT2D eigenvalue weighted by molar-refractivity contribution is -0.726. The summed E-state index contributed by atoms with van der Waals surface area (Å²) >= 11 is 5.95. The summed E-state index contributed by atoms with van der Waals surface area (Å²) in [7, 11) is 0. The van der Waals surface area contributed by atoms with E-state index in [1.54, 1.807) is 6.92 Å². The maximum atomic E-state index is 11.3. The zero-order chi connectivity index (χ0) is 15.3. The molecule has 5 nitrogen and oxygen atoms in total. The van der Waals surface area contributed by atoms with Crippen LogP contribution in [-0.2, 0) is 19.8 Å². The summed E-state index contributed by atoms with van der Waals surface area (Å²) in [5, 5.41) is 3.28. The highest BCUT2D eigenvalue weighted by Crippen LogP contribution is 2.34. The number of halogens is 1. The van der Waals surface area contributed by atoms with Gasteiger partial charge in [-0.2, -0.15) is 0 Å². The second-order valence-electron chi connectivity index (χ2n) is 5.04. The molecule has 1 saturated heterocycles. The lowest BCUT2D eigenvalue weighted by atomic mass is 9.73. The molecule has 1 aromatic carbocycles. The molecule has 0 amide bonds. The predicted octanol–water partition coefficient (Wildman–Crippen LogP) is 0.694. The quantitative estimate of drug-likeness (QED) is 0.371. The van der Waals surface area contributed by atoms with Crippen molar-refractivity contribution in [1.82, 2.24) is 0 Å². The van der Waals surface area contributed by atoms with E-state index in [4.69, 9.17) is 26.9 Å². The van der Waals surface area contributed by atoms with Crippen molar-refractivity contribution in [2.24, 2.45) is 5.73 Å². The summed E-state index contributed by atoms with van der Waals surface area (Å²) in [4.78, 5) is 16.2. The first kappa shape index (κ1) is 15.8. The number of carbonyl (C=O) groups excluding carboxylic acids is 1. The van der Waals surface area contributed by atoms with E-state index >= 15 is 0 Å². The Kier molecular flexibility index (Phi) is 5.20. The molecule has 1 heterocycles. The van der Waals surface area contributed by atoms with Gasteiger partial charge in [-0.25, -0.2) is 4.79 Å². The van der Waals surface area contributed by atoms with E-state index in [-0.39, 0.29) is 12.4 Å². The molecule has 21 heavy (non-hydrogen) atoms. The average molecular weight is 312 g/mol. The van der Waals surface area contributed by atoms with Gasteiger partial charge in [-0.1, -0.05) is 35.8 Å². The third kappa shape index (κ3) is 3.54. The molecule has 0 bridgehead atoms. The monoisotopic (exact) mass is 311 g/mol. The fourth-order valence-corrected chi connectivity index (χ4v) is 2.61. The third-order valence-electron chi connectivity index (χ3n) is 3.82. The van der Waals surface area contributed by atoms with Gasteiger partial charge in [0.2, 0.25) is 0 Å². The number of rotatable bonds is 4. The Hall–Kier alpha value is -1.59. The summed E-state index contributed by atoms with van der Waals surface area (Å²) in [6.45, 7) is 2.93. The lowest BCUT2D eigenvalue weighted by Gasteiger charge is -2.33. The molecule has 0 atom stereocenters. The molecular formula is C15H20ClN2O3+. The van der Waals surface area contributed by atoms with Gasteiger partial charge in [-0.3, -0.25) is 10.6 Å². The molecule has 3 N–H and O–H groups in total. The number of hydrogen-bond acceptors (Lipinski definition) is 3. The molecule has 2 rings (SSSR count). The van der Waals surface area contributed by atoms with Crippen LogP contribution in [0.4, 0.5) is 0 Å². The van der Waals surface area contributed by atoms with Gasteiger partial charge >= 0.3 is 5.97 Å². The summed E-state index contributed by atoms with van der Waals surface area (Å²) < 4.78 is 5.44. The molecule has 1 aromatic rings. The van der Waals surface area contributed by atoms with E-state index in [9.17, 15) is 4.79 Å². The van der Waals surface area contributed by atoms with Crippen molar-refractivity contribution < 1.29 is 19.5 Å². The maximum Gasteiger partial charge on any atom is 0.356 e. The smallest absolute Gasteiger partial charge is 0.356 e. The first-order valence-corrected chi connectivity index (χ1v) is 7.38. The Morgan fingerprint density at radius 1 is 1.38 bits per heavy atom. The molecule has 1 aliphatic heterocycles. The van der Waals surface area contributed by atoms with Crippen molar-refractivity contribution in [2.45, 2.75) is 31.6 Å². The molecule has 114 valence electrons. The molecule has 0 aliphatic carbocycles. The highest BCUT2D eigenvalue weighted by atomic mass is 35.5. The van der Waals surface area contributed by atoms with Crippen molar-refractivity contribution in [3.63, 3.8) is 0 Å². The van der Waals surface area contributed by atoms with Gasteiger partial charge in [-0.15, -0.1) is 0 Å². The van der Waals surface area contributed by atoms with E-state index in [0.717, 1.165) is 18.4 Å². The topological polar surface area (TPSA) is 75.5 Å². The zero-order valence-electron chi connectivity index (χ0n) is 12.0. The largest absolute Gasteiger partial charge is 0.381 e. The Morgan fingerprint density at radius 3 is 2.57 bits per heavy atom. The van der Waals surface area contributed by atoms with Gasteiger partial charge in [0.25, 0.3) is 5.84 Å². The van der Waals surface area contributed by atoms with Gasteiger partial charge in [0.1, 0.15) is 5.41 Å². The standard InChI is InChI=1S/C15H19ClN2O3/c1-2-13(19)21-18-14(17)15(7-9-20-10-8-15)11-3-5-12(16)6-4-11/h3-6H,2,7-10H2,1H3,(H2,17,18)/p+1. The highest BCUT2D eigenvalue weighted by molar-refractivity contribution is 6.30. The Morgan fingerprint density at radius 2 is 2.00 bits per heavy atom. The minimum Gasteiger partial charge on any atom is -0.381 e. The summed E-state index contributed by atoms with van der Waals surface area (Å²) in [6, 6.07) is 7.56. The van der Waals surface area contributed by atoms with Gasteiger partial charge in [-0.05, 0) is 30.5 Å². The molecule has 0 unspecified atom stereocenters. The van der Waals surface area contributed by atoms with E-state index < -0.39 is 5.41 Å². The van der Waals surface area contributed by atoms with Crippen molar-refractivity contribution >= 4 is 23.4 Å². The van der Waals surface area contributed by atoms with Gasteiger partial charge < -0.3 is 4.74 Å². The molecule has 1 fully saturated rings. The van der Waals surface area contributed by atoms with Crippen LogP contribution < -0.4 is 10.9 Å². The van der Waals surface area contributed by atoms with E-state index in [2.05, 4.69) is 5.16 Å². The third-order valence-corrected chi connectivity index (χ3v) is 4.07. The minimum atomic E-state index is -0.420. The van der Waals surface area contributed by atoms with Crippen molar-refractivity contribution in [3.05, 3.63) is 34.9 Å². The number of ether oxygens (including phenoxy) is 1. The number of nitrogens with two attached hydrogens (primary N) is 1. The molecule has 0 radical (unpaired) electrons. The van der Waals surface area contributed by atoms with Crippen molar-refractivity contribution in [2.75, 3.05) is 13.2 Å². The molecule has 0 aromatic heterocycles. The first-order valence-electron chi connectivity index (χ1n) is 7.01. The van der Waals surface area contributed by atoms with Crippen LogP contribution in [0.5, 0.6) is 0 Å². The van der Waals surface area contributed by atoms with Crippen LogP contribution in [0.1, 0.15) is 31.7 Å². The second kappa shape index (κ2) is 6.91. The van der Waals surface area contributed by atoms with Crippen LogP contribution >= 0.6 is 11.6 Å². The molecule has 0 saturated carbocycles. The van der Waals surface area contributed by atoms with Crippen LogP contribution in [0.25, 0.3) is 0 Å². The number of carbonyl (C=O) groups is 1. The molecule has 6 heteroatoms. The van der Waals surface area contributed by atoms with Gasteiger partial charge in [0.05, 0.1) is 0 Å². The van der Waals surface area contributed by atoms with Crippen molar-refractivity contribution in [3.8, 4) is 0 Å². The van der Waals surface area contributed by atoms with Crippen LogP contribution in [0.2, 0.25) is 5.02 Å². The van der Waals surface area contributed by atoms with E-state index in [1.165, 1.54) is 0 Å². The van der Waals surface area contributed by atoms with Crippen molar-refractivity contribution in [1.29, 1.82) is 0 Å². The zero-order valence-corrected chi connectivity index (χ0v) is 12.8. The van der Waals surface area contributed by atoms with Gasteiger partial charge in [0.15, 0.2) is 0 Å². The SMILES string of the molecule is CCC(=O)O/[NH+]=C(\N)C1(c2ccc(Cl)cc2)CCOCC1. The average Bonchev–Trinajstić information content (AvgIpc) is 2.53.